The van der Waals surface area contributed by atoms with E-state index in [-0.39, 0.29) is 17.6 Å². The lowest BCUT2D eigenvalue weighted by Gasteiger charge is -2.37. The zero-order valence-electron chi connectivity index (χ0n) is 18.3. The summed E-state index contributed by atoms with van der Waals surface area (Å²) in [5, 5.41) is 0. The maximum Gasteiger partial charge on any atom is 0.499 e. The summed E-state index contributed by atoms with van der Waals surface area (Å²) >= 11 is 0. The van der Waals surface area contributed by atoms with Gasteiger partial charge in [0.05, 0.1) is 5.92 Å². The molecule has 0 atom stereocenters. The quantitative estimate of drug-likeness (QED) is 0.239. The van der Waals surface area contributed by atoms with E-state index in [9.17, 15) is 26.7 Å². The number of alkyl halides is 5. The molecule has 32 heavy (non-hydrogen) atoms. The van der Waals surface area contributed by atoms with Crippen LogP contribution < -0.4 is 9.47 Å². The molecule has 1 aromatic carbocycles. The van der Waals surface area contributed by atoms with Crippen molar-refractivity contribution in [3.8, 4) is 11.5 Å². The average Bonchev–Trinajstić information content (AvgIpc) is 2.75. The summed E-state index contributed by atoms with van der Waals surface area (Å²) < 4.78 is 71.7. The minimum atomic E-state index is -5.81. The van der Waals surface area contributed by atoms with Gasteiger partial charge in [0, 0.05) is 0 Å². The highest BCUT2D eigenvalue weighted by molar-refractivity contribution is 5.75. The first kappa shape index (κ1) is 24.8. The molecule has 2 fully saturated rings. The molecule has 0 aliphatic heterocycles. The molecule has 3 nitrogen and oxygen atoms in total. The number of esters is 1. The highest BCUT2D eigenvalue weighted by Gasteiger charge is 2.61. The molecule has 0 N–H and O–H groups in total. The van der Waals surface area contributed by atoms with Gasteiger partial charge >= 0.3 is 18.3 Å². The minimum Gasteiger partial charge on any atom is -0.426 e. The maximum atomic E-state index is 13.0. The van der Waals surface area contributed by atoms with E-state index in [2.05, 4.69) is 11.7 Å². The molecule has 0 amide bonds. The number of carbonyl (C=O) groups is 1. The van der Waals surface area contributed by atoms with Gasteiger partial charge in [-0.05, 0) is 80.5 Å². The van der Waals surface area contributed by atoms with E-state index in [1.165, 1.54) is 38.5 Å². The Bertz CT molecular complexity index is 731. The number of hydrogen-bond donors (Lipinski definition) is 0. The van der Waals surface area contributed by atoms with Crippen molar-refractivity contribution >= 4 is 5.97 Å². The van der Waals surface area contributed by atoms with Crippen molar-refractivity contribution in [1.29, 1.82) is 0 Å². The lowest BCUT2D eigenvalue weighted by Crippen LogP contribution is -2.41. The van der Waals surface area contributed by atoms with Crippen LogP contribution in [0.1, 0.15) is 71.1 Å². The highest BCUT2D eigenvalue weighted by Crippen LogP contribution is 2.42. The Morgan fingerprint density at radius 2 is 1.34 bits per heavy atom. The number of carbonyl (C=O) groups excluding carboxylic acids is 1. The summed E-state index contributed by atoms with van der Waals surface area (Å²) in [5.41, 5.74) is 0. The van der Waals surface area contributed by atoms with Gasteiger partial charge in [0.15, 0.2) is 0 Å². The lowest BCUT2D eigenvalue weighted by molar-refractivity contribution is -0.360. The van der Waals surface area contributed by atoms with Crippen LogP contribution in [0.4, 0.5) is 22.0 Å². The molecular formula is C24H31F5O3. The number of ether oxygens (including phenoxy) is 2. The van der Waals surface area contributed by atoms with E-state index in [4.69, 9.17) is 4.74 Å². The molecular weight excluding hydrogens is 431 g/mol. The van der Waals surface area contributed by atoms with Crippen LogP contribution in [0.3, 0.4) is 0 Å². The predicted octanol–water partition coefficient (Wildman–Crippen LogP) is 7.54. The third kappa shape index (κ3) is 6.35. The molecule has 3 rings (SSSR count). The fourth-order valence-corrected chi connectivity index (χ4v) is 5.16. The molecule has 8 heteroatoms. The first-order valence-electron chi connectivity index (χ1n) is 11.5. The molecule has 0 saturated heterocycles. The fourth-order valence-electron chi connectivity index (χ4n) is 5.16. The first-order chi connectivity index (χ1) is 15.1. The molecule has 0 bridgehead atoms. The van der Waals surface area contributed by atoms with Gasteiger partial charge in [-0.15, -0.1) is 0 Å². The molecule has 0 heterocycles. The lowest BCUT2D eigenvalue weighted by atomic mass is 9.69. The van der Waals surface area contributed by atoms with Crippen LogP contribution in [0, 0.1) is 23.7 Å². The molecule has 0 radical (unpaired) electrons. The Balaban J connectivity index is 1.44. The summed E-state index contributed by atoms with van der Waals surface area (Å²) in [6.07, 6.45) is 0.189. The van der Waals surface area contributed by atoms with Crippen molar-refractivity contribution in [2.75, 3.05) is 0 Å². The second kappa shape index (κ2) is 10.4. The number of rotatable bonds is 7. The Morgan fingerprint density at radius 1 is 0.844 bits per heavy atom. The Labute approximate surface area is 185 Å². The smallest absolute Gasteiger partial charge is 0.426 e. The maximum absolute atomic E-state index is 13.0. The normalized spacial score (nSPS) is 27.1. The van der Waals surface area contributed by atoms with Crippen LogP contribution in [-0.4, -0.2) is 18.3 Å². The number of benzene rings is 1. The van der Waals surface area contributed by atoms with Gasteiger partial charge in [-0.1, -0.05) is 32.6 Å². The van der Waals surface area contributed by atoms with E-state index in [1.54, 1.807) is 0 Å². The van der Waals surface area contributed by atoms with Gasteiger partial charge in [0.1, 0.15) is 11.5 Å². The molecule has 180 valence electrons. The van der Waals surface area contributed by atoms with Gasteiger partial charge in [-0.2, -0.15) is 22.0 Å². The predicted molar refractivity (Wildman–Crippen MR) is 110 cm³/mol. The topological polar surface area (TPSA) is 35.5 Å². The molecule has 0 spiro atoms. The summed E-state index contributed by atoms with van der Waals surface area (Å²) in [5.74, 6) is 1.11. The van der Waals surface area contributed by atoms with Crippen LogP contribution >= 0.6 is 0 Å². The van der Waals surface area contributed by atoms with Crippen LogP contribution in [0.25, 0.3) is 0 Å². The molecule has 2 aliphatic carbocycles. The van der Waals surface area contributed by atoms with Crippen molar-refractivity contribution in [3.63, 3.8) is 0 Å². The Kier molecular flexibility index (Phi) is 8.04. The zero-order chi connectivity index (χ0) is 23.4. The second-order valence-corrected chi connectivity index (χ2v) is 9.19. The van der Waals surface area contributed by atoms with Gasteiger partial charge in [-0.3, -0.25) is 4.79 Å². The average molecular weight is 462 g/mol. The van der Waals surface area contributed by atoms with Crippen molar-refractivity contribution in [3.05, 3.63) is 24.3 Å². The van der Waals surface area contributed by atoms with E-state index in [1.807, 2.05) is 0 Å². The van der Waals surface area contributed by atoms with Crippen LogP contribution in [-0.2, 0) is 4.79 Å². The van der Waals surface area contributed by atoms with E-state index in [0.717, 1.165) is 61.8 Å². The monoisotopic (exact) mass is 462 g/mol. The van der Waals surface area contributed by atoms with Gasteiger partial charge in [0.2, 0.25) is 0 Å². The Morgan fingerprint density at radius 3 is 1.84 bits per heavy atom. The molecule has 2 aliphatic rings. The minimum absolute atomic E-state index is 0.0917. The summed E-state index contributed by atoms with van der Waals surface area (Å²) in [7, 11) is 0. The summed E-state index contributed by atoms with van der Waals surface area (Å²) in [6, 6.07) is 4.15. The van der Waals surface area contributed by atoms with Crippen molar-refractivity contribution in [2.45, 2.75) is 83.4 Å². The molecule has 1 aromatic rings. The Hall–Kier alpha value is -1.86. The van der Waals surface area contributed by atoms with Gasteiger partial charge in [-0.25, -0.2) is 0 Å². The standard InChI is InChI=1S/C24H31F5O3/c1-2-3-16-4-6-17(7-5-16)18-8-10-19(11-9-18)22(30)31-20-12-14-21(15-13-20)32-24(28,29)23(25,26)27/h12-19H,2-11H2,1H3/t16-,17-,18-,19-. The molecule has 0 aromatic heterocycles. The van der Waals surface area contributed by atoms with Crippen molar-refractivity contribution in [1.82, 2.24) is 0 Å². The SMILES string of the molecule is CCC[C@H]1CC[C@H]([C@H]2CC[C@H](C(=O)Oc3ccc(OC(F)(F)C(F)(F)F)cc3)CC2)CC1. The van der Waals surface area contributed by atoms with E-state index < -0.39 is 18.0 Å². The fraction of sp³-hybridized carbons (Fsp3) is 0.708. The van der Waals surface area contributed by atoms with E-state index in [0.29, 0.717) is 5.92 Å². The van der Waals surface area contributed by atoms with Crippen molar-refractivity contribution in [2.24, 2.45) is 23.7 Å². The summed E-state index contributed by atoms with van der Waals surface area (Å²) in [6.45, 7) is 2.24. The number of halogens is 5. The van der Waals surface area contributed by atoms with Gasteiger partial charge in [0.25, 0.3) is 0 Å². The van der Waals surface area contributed by atoms with Crippen LogP contribution in [0.15, 0.2) is 24.3 Å². The van der Waals surface area contributed by atoms with Gasteiger partial charge < -0.3 is 9.47 Å². The third-order valence-corrected chi connectivity index (χ3v) is 6.98. The highest BCUT2D eigenvalue weighted by atomic mass is 19.4. The van der Waals surface area contributed by atoms with E-state index >= 15 is 0 Å². The van der Waals surface area contributed by atoms with Crippen molar-refractivity contribution < 1.29 is 36.2 Å². The third-order valence-electron chi connectivity index (χ3n) is 6.98. The molecule has 0 unspecified atom stereocenters. The first-order valence-corrected chi connectivity index (χ1v) is 11.5. The van der Waals surface area contributed by atoms with Crippen LogP contribution in [0.5, 0.6) is 11.5 Å². The summed E-state index contributed by atoms with van der Waals surface area (Å²) in [4.78, 5) is 12.5. The largest absolute Gasteiger partial charge is 0.499 e. The van der Waals surface area contributed by atoms with Crippen LogP contribution in [0.2, 0.25) is 0 Å². The second-order valence-electron chi connectivity index (χ2n) is 9.19. The molecule has 2 saturated carbocycles. The number of hydrogen-bond acceptors (Lipinski definition) is 3. The zero-order valence-corrected chi connectivity index (χ0v) is 18.3.